The Balaban J connectivity index is 1.56. The lowest BCUT2D eigenvalue weighted by Crippen LogP contribution is -2.51. The standard InChI is InChI=1S/C22H25FN2O5S/c1-3-4-17-5-10-20(21(15-17)29-2)30-16-22(26)24-11-13-25(14-12-24)31(27,28)19-8-6-18(23)7-9-19/h3-10,15H,11-14,16H2,1-2H3. The predicted molar refractivity (Wildman–Crippen MR) is 115 cm³/mol. The van der Waals surface area contributed by atoms with E-state index >= 15 is 0 Å². The van der Waals surface area contributed by atoms with Crippen LogP contribution in [0.3, 0.4) is 0 Å². The van der Waals surface area contributed by atoms with E-state index in [0.29, 0.717) is 11.5 Å². The number of ether oxygens (including phenoxy) is 2. The lowest BCUT2D eigenvalue weighted by Gasteiger charge is -2.34. The molecule has 2 aromatic rings. The number of nitrogens with zero attached hydrogens (tertiary/aromatic N) is 2. The van der Waals surface area contributed by atoms with Crippen molar-refractivity contribution >= 4 is 22.0 Å². The van der Waals surface area contributed by atoms with Crippen LogP contribution < -0.4 is 9.47 Å². The van der Waals surface area contributed by atoms with Crippen LogP contribution in [0.4, 0.5) is 4.39 Å². The second-order valence-electron chi connectivity index (χ2n) is 6.94. The highest BCUT2D eigenvalue weighted by Crippen LogP contribution is 2.28. The first-order chi connectivity index (χ1) is 14.8. The van der Waals surface area contributed by atoms with Crippen molar-refractivity contribution in [1.29, 1.82) is 0 Å². The number of carbonyl (C=O) groups excluding carboxylic acids is 1. The molecule has 0 unspecified atom stereocenters. The lowest BCUT2D eigenvalue weighted by molar-refractivity contribution is -0.134. The van der Waals surface area contributed by atoms with Gasteiger partial charge in [-0.2, -0.15) is 4.31 Å². The van der Waals surface area contributed by atoms with Crippen molar-refractivity contribution in [3.8, 4) is 11.5 Å². The number of benzene rings is 2. The predicted octanol–water partition coefficient (Wildman–Crippen LogP) is 2.78. The third-order valence-electron chi connectivity index (χ3n) is 4.94. The van der Waals surface area contributed by atoms with E-state index in [1.165, 1.54) is 23.5 Å². The molecule has 1 heterocycles. The number of methoxy groups -OCH3 is 1. The molecule has 1 aliphatic rings. The van der Waals surface area contributed by atoms with Crippen molar-refractivity contribution < 1.29 is 27.1 Å². The van der Waals surface area contributed by atoms with Crippen LogP contribution in [0.25, 0.3) is 6.08 Å². The maximum absolute atomic E-state index is 13.1. The zero-order chi connectivity index (χ0) is 22.4. The highest BCUT2D eigenvalue weighted by atomic mass is 32.2. The van der Waals surface area contributed by atoms with Crippen molar-refractivity contribution in [3.05, 3.63) is 59.9 Å². The van der Waals surface area contributed by atoms with Crippen LogP contribution in [-0.4, -0.2) is 63.4 Å². The molecule has 0 aromatic heterocycles. The molecule has 0 N–H and O–H groups in total. The number of halogens is 1. The van der Waals surface area contributed by atoms with Gasteiger partial charge < -0.3 is 14.4 Å². The van der Waals surface area contributed by atoms with Gasteiger partial charge in [-0.3, -0.25) is 4.79 Å². The fourth-order valence-electron chi connectivity index (χ4n) is 3.26. The zero-order valence-corrected chi connectivity index (χ0v) is 18.3. The van der Waals surface area contributed by atoms with Crippen molar-refractivity contribution in [1.82, 2.24) is 9.21 Å². The first kappa shape index (κ1) is 22.8. The molecular formula is C22H25FN2O5S. The van der Waals surface area contributed by atoms with Crippen molar-refractivity contribution in [2.24, 2.45) is 0 Å². The molecule has 3 rings (SSSR count). The largest absolute Gasteiger partial charge is 0.493 e. The van der Waals surface area contributed by atoms with Gasteiger partial charge in [0.1, 0.15) is 5.82 Å². The molecule has 1 saturated heterocycles. The van der Waals surface area contributed by atoms with Gasteiger partial charge in [-0.1, -0.05) is 18.2 Å². The molecule has 1 amide bonds. The van der Waals surface area contributed by atoms with Gasteiger partial charge in [0.2, 0.25) is 10.0 Å². The van der Waals surface area contributed by atoms with E-state index in [9.17, 15) is 17.6 Å². The van der Waals surface area contributed by atoms with Crippen LogP contribution in [-0.2, 0) is 14.8 Å². The van der Waals surface area contributed by atoms with Crippen LogP contribution >= 0.6 is 0 Å². The Morgan fingerprint density at radius 3 is 2.35 bits per heavy atom. The number of piperazine rings is 1. The van der Waals surface area contributed by atoms with Crippen molar-refractivity contribution in [3.63, 3.8) is 0 Å². The maximum atomic E-state index is 13.1. The van der Waals surface area contributed by atoms with Crippen LogP contribution in [0.5, 0.6) is 11.5 Å². The number of hydrogen-bond acceptors (Lipinski definition) is 5. The highest BCUT2D eigenvalue weighted by molar-refractivity contribution is 7.89. The van der Waals surface area contributed by atoms with Crippen LogP contribution in [0.1, 0.15) is 12.5 Å². The van der Waals surface area contributed by atoms with E-state index in [0.717, 1.165) is 17.7 Å². The monoisotopic (exact) mass is 448 g/mol. The van der Waals surface area contributed by atoms with E-state index in [1.54, 1.807) is 11.0 Å². The topological polar surface area (TPSA) is 76.2 Å². The average molecular weight is 449 g/mol. The van der Waals surface area contributed by atoms with Crippen molar-refractivity contribution in [2.75, 3.05) is 39.9 Å². The quantitative estimate of drug-likeness (QED) is 0.651. The Morgan fingerprint density at radius 2 is 1.74 bits per heavy atom. The Morgan fingerprint density at radius 1 is 1.06 bits per heavy atom. The minimum Gasteiger partial charge on any atom is -0.493 e. The Bertz CT molecular complexity index is 1050. The molecule has 0 atom stereocenters. The van der Waals surface area contributed by atoms with Crippen LogP contribution in [0.2, 0.25) is 0 Å². The van der Waals surface area contributed by atoms with Gasteiger partial charge in [-0.15, -0.1) is 0 Å². The van der Waals surface area contributed by atoms with Gasteiger partial charge >= 0.3 is 0 Å². The van der Waals surface area contributed by atoms with Gasteiger partial charge in [-0.05, 0) is 48.9 Å². The average Bonchev–Trinajstić information content (AvgIpc) is 2.78. The van der Waals surface area contributed by atoms with Gasteiger partial charge in [-0.25, -0.2) is 12.8 Å². The Kier molecular flexibility index (Phi) is 7.29. The molecule has 7 nitrogen and oxygen atoms in total. The minimum atomic E-state index is -3.73. The summed E-state index contributed by atoms with van der Waals surface area (Å²) in [5.74, 6) is 0.251. The molecule has 2 aromatic carbocycles. The highest BCUT2D eigenvalue weighted by Gasteiger charge is 2.30. The maximum Gasteiger partial charge on any atom is 0.260 e. The fourth-order valence-corrected chi connectivity index (χ4v) is 4.69. The third kappa shape index (κ3) is 5.42. The fraction of sp³-hybridized carbons (Fsp3) is 0.318. The smallest absolute Gasteiger partial charge is 0.260 e. The molecule has 0 aliphatic carbocycles. The van der Waals surface area contributed by atoms with E-state index in [1.807, 2.05) is 31.2 Å². The summed E-state index contributed by atoms with van der Waals surface area (Å²) in [5.41, 5.74) is 0.955. The number of amides is 1. The summed E-state index contributed by atoms with van der Waals surface area (Å²) in [7, 11) is -2.19. The number of carbonyl (C=O) groups is 1. The Labute approximate surface area is 181 Å². The molecule has 1 fully saturated rings. The summed E-state index contributed by atoms with van der Waals surface area (Å²) in [4.78, 5) is 14.1. The van der Waals surface area contributed by atoms with Crippen molar-refractivity contribution in [2.45, 2.75) is 11.8 Å². The molecule has 0 saturated carbocycles. The minimum absolute atomic E-state index is 0.0328. The summed E-state index contributed by atoms with van der Waals surface area (Å²) in [6.07, 6.45) is 3.84. The van der Waals surface area contributed by atoms with E-state index in [-0.39, 0.29) is 43.6 Å². The van der Waals surface area contributed by atoms with Crippen LogP contribution in [0, 0.1) is 5.82 Å². The number of rotatable bonds is 7. The van der Waals surface area contributed by atoms with E-state index in [4.69, 9.17) is 9.47 Å². The summed E-state index contributed by atoms with van der Waals surface area (Å²) >= 11 is 0. The first-order valence-electron chi connectivity index (χ1n) is 9.82. The van der Waals surface area contributed by atoms with E-state index < -0.39 is 15.8 Å². The molecule has 31 heavy (non-hydrogen) atoms. The lowest BCUT2D eigenvalue weighted by atomic mass is 10.2. The van der Waals surface area contributed by atoms with Gasteiger partial charge in [0.15, 0.2) is 18.1 Å². The summed E-state index contributed by atoms with van der Waals surface area (Å²) in [6.45, 7) is 2.56. The SMILES string of the molecule is CC=Cc1ccc(OCC(=O)N2CCN(S(=O)(=O)c3ccc(F)cc3)CC2)c(OC)c1. The summed E-state index contributed by atoms with van der Waals surface area (Å²) in [5, 5.41) is 0. The number of hydrogen-bond donors (Lipinski definition) is 0. The molecule has 0 spiro atoms. The number of sulfonamides is 1. The molecule has 0 bridgehead atoms. The summed E-state index contributed by atoms with van der Waals surface area (Å²) in [6, 6.07) is 10.1. The molecule has 1 aliphatic heterocycles. The van der Waals surface area contributed by atoms with E-state index in [2.05, 4.69) is 0 Å². The van der Waals surface area contributed by atoms with Gasteiger partial charge in [0, 0.05) is 26.2 Å². The summed E-state index contributed by atoms with van der Waals surface area (Å²) < 4.78 is 50.7. The van der Waals surface area contributed by atoms with Gasteiger partial charge in [0.25, 0.3) is 5.91 Å². The van der Waals surface area contributed by atoms with Crippen LogP contribution in [0.15, 0.2) is 53.4 Å². The normalized spacial score (nSPS) is 15.3. The third-order valence-corrected chi connectivity index (χ3v) is 6.85. The Hall–Kier alpha value is -2.91. The second kappa shape index (κ2) is 9.93. The molecule has 0 radical (unpaired) electrons. The zero-order valence-electron chi connectivity index (χ0n) is 17.5. The first-order valence-corrected chi connectivity index (χ1v) is 11.3. The molecule has 9 heteroatoms. The molecular weight excluding hydrogens is 423 g/mol. The molecule has 166 valence electrons. The number of allylic oxidation sites excluding steroid dienone is 1. The van der Waals surface area contributed by atoms with Gasteiger partial charge in [0.05, 0.1) is 12.0 Å². The second-order valence-corrected chi connectivity index (χ2v) is 8.88.